The molecule has 1 heterocycles. The summed E-state index contributed by atoms with van der Waals surface area (Å²) in [7, 11) is 1.24. The van der Waals surface area contributed by atoms with E-state index in [-0.39, 0.29) is 11.3 Å². The molecule has 0 aliphatic heterocycles. The zero-order valence-electron chi connectivity index (χ0n) is 9.40. The molecule has 0 atom stereocenters. The largest absolute Gasteiger partial charge is 0.478 e. The van der Waals surface area contributed by atoms with Crippen molar-refractivity contribution in [1.29, 1.82) is 0 Å². The standard InChI is InChI=1S/C11H9N3O4/c1-18-11(17)9-6-14(13-12-9)8-4-2-3-7(5-8)10(15)16/h2-6H,1H3,(H,15,16). The van der Waals surface area contributed by atoms with E-state index in [1.54, 1.807) is 12.1 Å². The zero-order valence-corrected chi connectivity index (χ0v) is 9.40. The van der Waals surface area contributed by atoms with Crippen molar-refractivity contribution in [3.63, 3.8) is 0 Å². The average Bonchev–Trinajstić information content (AvgIpc) is 2.87. The third-order valence-electron chi connectivity index (χ3n) is 2.25. The smallest absolute Gasteiger partial charge is 0.360 e. The summed E-state index contributed by atoms with van der Waals surface area (Å²) in [6, 6.07) is 6.13. The van der Waals surface area contributed by atoms with Crippen molar-refractivity contribution < 1.29 is 19.4 Å². The van der Waals surface area contributed by atoms with Crippen molar-refractivity contribution in [3.8, 4) is 5.69 Å². The number of hydrogen-bond donors (Lipinski definition) is 1. The maximum Gasteiger partial charge on any atom is 0.360 e. The highest BCUT2D eigenvalue weighted by Gasteiger charge is 2.12. The lowest BCUT2D eigenvalue weighted by molar-refractivity contribution is 0.0593. The van der Waals surface area contributed by atoms with Gasteiger partial charge in [-0.15, -0.1) is 5.10 Å². The number of carboxylic acid groups (broad SMARTS) is 1. The Balaban J connectivity index is 2.37. The molecule has 2 rings (SSSR count). The molecule has 0 saturated carbocycles. The van der Waals surface area contributed by atoms with Gasteiger partial charge in [0.05, 0.1) is 24.6 Å². The molecule has 0 bridgehead atoms. The number of nitrogens with zero attached hydrogens (tertiary/aromatic N) is 3. The molecule has 0 spiro atoms. The van der Waals surface area contributed by atoms with Crippen LogP contribution in [0.1, 0.15) is 20.8 Å². The Bertz CT molecular complexity index is 606. The Labute approximate surface area is 102 Å². The molecule has 0 aliphatic rings. The molecular weight excluding hydrogens is 238 g/mol. The molecule has 92 valence electrons. The molecular formula is C11H9N3O4. The van der Waals surface area contributed by atoms with E-state index in [2.05, 4.69) is 15.0 Å². The molecule has 1 aromatic heterocycles. The molecule has 7 heteroatoms. The minimum Gasteiger partial charge on any atom is -0.478 e. The molecule has 1 aromatic carbocycles. The van der Waals surface area contributed by atoms with Gasteiger partial charge in [0.1, 0.15) is 0 Å². The Kier molecular flexibility index (Phi) is 3.05. The van der Waals surface area contributed by atoms with Crippen LogP contribution in [-0.2, 0) is 4.74 Å². The van der Waals surface area contributed by atoms with E-state index in [9.17, 15) is 9.59 Å². The van der Waals surface area contributed by atoms with Crippen LogP contribution in [0.15, 0.2) is 30.5 Å². The number of rotatable bonds is 3. The second-order valence-corrected chi connectivity index (χ2v) is 3.40. The molecule has 1 N–H and O–H groups in total. The molecule has 0 fully saturated rings. The van der Waals surface area contributed by atoms with Crippen LogP contribution in [-0.4, -0.2) is 39.1 Å². The normalized spacial score (nSPS) is 10.1. The number of hydrogen-bond acceptors (Lipinski definition) is 5. The first-order chi connectivity index (χ1) is 8.61. The monoisotopic (exact) mass is 247 g/mol. The summed E-state index contributed by atoms with van der Waals surface area (Å²) in [5.74, 6) is -1.64. The van der Waals surface area contributed by atoms with Gasteiger partial charge in [0, 0.05) is 0 Å². The van der Waals surface area contributed by atoms with Gasteiger partial charge in [0.15, 0.2) is 5.69 Å². The van der Waals surface area contributed by atoms with Gasteiger partial charge in [-0.05, 0) is 18.2 Å². The Morgan fingerprint density at radius 3 is 2.83 bits per heavy atom. The second-order valence-electron chi connectivity index (χ2n) is 3.40. The lowest BCUT2D eigenvalue weighted by atomic mass is 10.2. The van der Waals surface area contributed by atoms with Gasteiger partial charge in [0.25, 0.3) is 0 Å². The van der Waals surface area contributed by atoms with Gasteiger partial charge in [-0.3, -0.25) is 0 Å². The second kappa shape index (κ2) is 4.66. The van der Waals surface area contributed by atoms with Crippen LogP contribution in [0.25, 0.3) is 5.69 Å². The van der Waals surface area contributed by atoms with Gasteiger partial charge in [-0.1, -0.05) is 11.3 Å². The summed E-state index contributed by atoms with van der Waals surface area (Å²) >= 11 is 0. The number of carboxylic acids is 1. The van der Waals surface area contributed by atoms with Crippen molar-refractivity contribution in [2.45, 2.75) is 0 Å². The van der Waals surface area contributed by atoms with Crippen LogP contribution in [0.2, 0.25) is 0 Å². The molecule has 7 nitrogen and oxygen atoms in total. The van der Waals surface area contributed by atoms with Crippen molar-refractivity contribution in [2.24, 2.45) is 0 Å². The van der Waals surface area contributed by atoms with Crippen LogP contribution < -0.4 is 0 Å². The summed E-state index contributed by atoms with van der Waals surface area (Å²) in [6.45, 7) is 0. The highest BCUT2D eigenvalue weighted by molar-refractivity contribution is 5.88. The average molecular weight is 247 g/mol. The fraction of sp³-hybridized carbons (Fsp3) is 0.0909. The maximum absolute atomic E-state index is 11.2. The van der Waals surface area contributed by atoms with Crippen LogP contribution >= 0.6 is 0 Å². The predicted octanol–water partition coefficient (Wildman–Crippen LogP) is 0.752. The first-order valence-corrected chi connectivity index (χ1v) is 4.96. The number of methoxy groups -OCH3 is 1. The predicted molar refractivity (Wildman–Crippen MR) is 59.7 cm³/mol. The number of ether oxygens (including phenoxy) is 1. The SMILES string of the molecule is COC(=O)c1cn(-c2cccc(C(=O)O)c2)nn1. The number of aromatic carboxylic acids is 1. The molecule has 0 aliphatic carbocycles. The van der Waals surface area contributed by atoms with Crippen molar-refractivity contribution in [3.05, 3.63) is 41.7 Å². The lowest BCUT2D eigenvalue weighted by Crippen LogP contribution is -2.01. The Morgan fingerprint density at radius 1 is 1.39 bits per heavy atom. The number of aromatic nitrogens is 3. The quantitative estimate of drug-likeness (QED) is 0.804. The topological polar surface area (TPSA) is 94.3 Å². The van der Waals surface area contributed by atoms with E-state index in [1.165, 1.54) is 30.1 Å². The van der Waals surface area contributed by atoms with E-state index < -0.39 is 11.9 Å². The molecule has 2 aromatic rings. The van der Waals surface area contributed by atoms with Crippen LogP contribution in [0.5, 0.6) is 0 Å². The van der Waals surface area contributed by atoms with E-state index in [4.69, 9.17) is 5.11 Å². The zero-order chi connectivity index (χ0) is 13.1. The summed E-state index contributed by atoms with van der Waals surface area (Å²) in [6.07, 6.45) is 1.37. The molecule has 0 radical (unpaired) electrons. The van der Waals surface area contributed by atoms with Crippen molar-refractivity contribution in [1.82, 2.24) is 15.0 Å². The number of carbonyl (C=O) groups excluding carboxylic acids is 1. The lowest BCUT2D eigenvalue weighted by Gasteiger charge is -2.00. The highest BCUT2D eigenvalue weighted by Crippen LogP contribution is 2.10. The first-order valence-electron chi connectivity index (χ1n) is 4.96. The number of carbonyl (C=O) groups is 2. The van der Waals surface area contributed by atoms with Gasteiger partial charge >= 0.3 is 11.9 Å². The summed E-state index contributed by atoms with van der Waals surface area (Å²) in [5, 5.41) is 16.2. The van der Waals surface area contributed by atoms with Gasteiger partial charge in [-0.2, -0.15) is 0 Å². The summed E-state index contributed by atoms with van der Waals surface area (Å²) in [5.41, 5.74) is 0.679. The van der Waals surface area contributed by atoms with Crippen LogP contribution in [0.3, 0.4) is 0 Å². The van der Waals surface area contributed by atoms with E-state index in [1.807, 2.05) is 0 Å². The first kappa shape index (κ1) is 11.8. The van der Waals surface area contributed by atoms with Gasteiger partial charge in [0.2, 0.25) is 0 Å². The van der Waals surface area contributed by atoms with E-state index in [0.717, 1.165) is 0 Å². The summed E-state index contributed by atoms with van der Waals surface area (Å²) < 4.78 is 5.80. The van der Waals surface area contributed by atoms with E-state index >= 15 is 0 Å². The third-order valence-corrected chi connectivity index (χ3v) is 2.25. The molecule has 18 heavy (non-hydrogen) atoms. The summed E-state index contributed by atoms with van der Waals surface area (Å²) in [4.78, 5) is 22.0. The van der Waals surface area contributed by atoms with Gasteiger partial charge < -0.3 is 9.84 Å². The van der Waals surface area contributed by atoms with Gasteiger partial charge in [-0.25, -0.2) is 14.3 Å². The number of esters is 1. The Hall–Kier alpha value is -2.70. The minimum atomic E-state index is -1.04. The fourth-order valence-electron chi connectivity index (χ4n) is 1.37. The fourth-order valence-corrected chi connectivity index (χ4v) is 1.37. The maximum atomic E-state index is 11.2. The number of benzene rings is 1. The third kappa shape index (κ3) is 2.19. The van der Waals surface area contributed by atoms with Crippen LogP contribution in [0, 0.1) is 0 Å². The van der Waals surface area contributed by atoms with Crippen molar-refractivity contribution in [2.75, 3.05) is 7.11 Å². The van der Waals surface area contributed by atoms with E-state index in [0.29, 0.717) is 5.69 Å². The van der Waals surface area contributed by atoms with Crippen LogP contribution in [0.4, 0.5) is 0 Å². The highest BCUT2D eigenvalue weighted by atomic mass is 16.5. The minimum absolute atomic E-state index is 0.0539. The van der Waals surface area contributed by atoms with Crippen molar-refractivity contribution >= 4 is 11.9 Å². The molecule has 0 amide bonds. The molecule has 0 unspecified atom stereocenters. The Morgan fingerprint density at radius 2 is 2.17 bits per heavy atom. The molecule has 0 saturated heterocycles.